The summed E-state index contributed by atoms with van der Waals surface area (Å²) in [6.45, 7) is 1.93. The van der Waals surface area contributed by atoms with Gasteiger partial charge in [-0.25, -0.2) is 4.98 Å². The number of benzene rings is 2. The van der Waals surface area contributed by atoms with E-state index in [0.717, 1.165) is 39.2 Å². The lowest BCUT2D eigenvalue weighted by Gasteiger charge is -2.04. The number of imidazole rings is 1. The molecule has 0 atom stereocenters. The third-order valence-electron chi connectivity index (χ3n) is 4.37. The number of rotatable bonds is 3. The molecule has 0 aliphatic heterocycles. The minimum Gasteiger partial charge on any atom is -0.319 e. The van der Waals surface area contributed by atoms with Crippen LogP contribution in [-0.4, -0.2) is 24.0 Å². The Morgan fingerprint density at radius 1 is 1.07 bits per heavy atom. The second kappa shape index (κ2) is 6.26. The van der Waals surface area contributed by atoms with Gasteiger partial charge in [-0.2, -0.15) is 8.75 Å². The van der Waals surface area contributed by atoms with E-state index in [0.29, 0.717) is 16.1 Å². The number of thiazole rings is 1. The molecule has 0 saturated heterocycles. The van der Waals surface area contributed by atoms with Gasteiger partial charge >= 0.3 is 0 Å². The van der Waals surface area contributed by atoms with E-state index in [1.165, 1.54) is 11.3 Å². The fraction of sp³-hybridized carbons (Fsp3) is 0.0526. The fourth-order valence-corrected chi connectivity index (χ4v) is 4.55. The topological polar surface area (TPSA) is 72.2 Å². The summed E-state index contributed by atoms with van der Waals surface area (Å²) < 4.78 is 10.4. The van der Waals surface area contributed by atoms with E-state index in [9.17, 15) is 4.79 Å². The highest BCUT2D eigenvalue weighted by Crippen LogP contribution is 2.28. The van der Waals surface area contributed by atoms with Gasteiger partial charge in [0.05, 0.1) is 23.1 Å². The summed E-state index contributed by atoms with van der Waals surface area (Å²) in [5.41, 5.74) is 4.98. The summed E-state index contributed by atoms with van der Waals surface area (Å²) >= 11 is 2.52. The lowest BCUT2D eigenvalue weighted by atomic mass is 10.2. The summed E-state index contributed by atoms with van der Waals surface area (Å²) in [5.74, 6) is -0.162. The highest BCUT2D eigenvalue weighted by Gasteiger charge is 2.19. The van der Waals surface area contributed by atoms with Crippen molar-refractivity contribution in [2.45, 2.75) is 6.92 Å². The van der Waals surface area contributed by atoms with Crippen LogP contribution in [0.2, 0.25) is 0 Å². The van der Waals surface area contributed by atoms with Gasteiger partial charge < -0.3 is 5.32 Å². The summed E-state index contributed by atoms with van der Waals surface area (Å²) in [5, 5.41) is 2.96. The second-order valence-corrected chi connectivity index (χ2v) is 7.56. The molecule has 8 heteroatoms. The van der Waals surface area contributed by atoms with Crippen molar-refractivity contribution in [3.63, 3.8) is 0 Å². The van der Waals surface area contributed by atoms with Crippen LogP contribution >= 0.6 is 23.1 Å². The van der Waals surface area contributed by atoms with Gasteiger partial charge in [-0.05, 0) is 19.1 Å². The van der Waals surface area contributed by atoms with E-state index in [1.807, 2.05) is 66.1 Å². The fourth-order valence-electron chi connectivity index (χ4n) is 2.99. The molecule has 0 unspecified atom stereocenters. The molecule has 0 radical (unpaired) electrons. The number of anilines is 1. The normalized spacial score (nSPS) is 11.3. The monoisotopic (exact) mass is 391 g/mol. The lowest BCUT2D eigenvalue weighted by molar-refractivity contribution is 0.103. The maximum Gasteiger partial charge on any atom is 0.267 e. The first-order valence-electron chi connectivity index (χ1n) is 8.27. The molecular weight excluding hydrogens is 378 g/mol. The van der Waals surface area contributed by atoms with Crippen molar-refractivity contribution in [2.75, 3.05) is 5.32 Å². The van der Waals surface area contributed by atoms with Gasteiger partial charge in [0.25, 0.3) is 5.91 Å². The molecule has 27 heavy (non-hydrogen) atoms. The van der Waals surface area contributed by atoms with Crippen molar-refractivity contribution in [1.82, 2.24) is 18.1 Å². The van der Waals surface area contributed by atoms with Crippen LogP contribution in [-0.2, 0) is 0 Å². The quantitative estimate of drug-likeness (QED) is 0.487. The lowest BCUT2D eigenvalue weighted by Crippen LogP contribution is -2.12. The van der Waals surface area contributed by atoms with Gasteiger partial charge in [0.1, 0.15) is 15.9 Å². The molecule has 3 heterocycles. The molecule has 0 saturated carbocycles. The third kappa shape index (κ3) is 2.70. The van der Waals surface area contributed by atoms with E-state index in [1.54, 1.807) is 0 Å². The van der Waals surface area contributed by atoms with Crippen molar-refractivity contribution in [1.29, 1.82) is 0 Å². The predicted molar refractivity (Wildman–Crippen MR) is 109 cm³/mol. The molecule has 1 amide bonds. The summed E-state index contributed by atoms with van der Waals surface area (Å²) in [4.78, 5) is 18.9. The summed E-state index contributed by atoms with van der Waals surface area (Å²) in [7, 11) is 0. The molecule has 5 rings (SSSR count). The molecule has 6 nitrogen and oxygen atoms in total. The standard InChI is InChI=1S/C19H13N5OS2/c1-11-17(18(25)20-13-8-5-9-14-16(13)23-27-22-14)26-19-21-15(10-24(11)19)12-6-3-2-4-7-12/h2-10H,1H3,(H,20,25). The summed E-state index contributed by atoms with van der Waals surface area (Å²) in [6, 6.07) is 15.6. The second-order valence-electron chi connectivity index (χ2n) is 6.05. The van der Waals surface area contributed by atoms with E-state index >= 15 is 0 Å². The van der Waals surface area contributed by atoms with Gasteiger partial charge in [0.2, 0.25) is 0 Å². The van der Waals surface area contributed by atoms with Gasteiger partial charge in [-0.15, -0.1) is 0 Å². The Morgan fingerprint density at radius 2 is 1.93 bits per heavy atom. The Kier molecular flexibility index (Phi) is 3.73. The minimum atomic E-state index is -0.162. The number of nitrogens with zero attached hydrogens (tertiary/aromatic N) is 4. The Bertz CT molecular complexity index is 1290. The highest BCUT2D eigenvalue weighted by atomic mass is 32.1. The number of aryl methyl sites for hydroxylation is 1. The zero-order valence-corrected chi connectivity index (χ0v) is 15.8. The Morgan fingerprint density at radius 3 is 2.74 bits per heavy atom. The van der Waals surface area contributed by atoms with Gasteiger partial charge in [-0.1, -0.05) is 47.7 Å². The van der Waals surface area contributed by atoms with Crippen LogP contribution < -0.4 is 5.32 Å². The van der Waals surface area contributed by atoms with Crippen LogP contribution in [0.3, 0.4) is 0 Å². The first kappa shape index (κ1) is 16.1. The van der Waals surface area contributed by atoms with Crippen LogP contribution in [0.4, 0.5) is 5.69 Å². The number of carbonyl (C=O) groups is 1. The zero-order valence-electron chi connectivity index (χ0n) is 14.2. The van der Waals surface area contributed by atoms with Gasteiger partial charge in [-0.3, -0.25) is 9.20 Å². The number of fused-ring (bicyclic) bond motifs is 2. The van der Waals surface area contributed by atoms with Gasteiger partial charge in [0.15, 0.2) is 4.96 Å². The first-order chi connectivity index (χ1) is 13.2. The van der Waals surface area contributed by atoms with Crippen LogP contribution in [0.25, 0.3) is 27.3 Å². The van der Waals surface area contributed by atoms with E-state index in [4.69, 9.17) is 0 Å². The molecule has 1 N–H and O–H groups in total. The predicted octanol–water partition coefficient (Wildman–Crippen LogP) is 4.63. The zero-order chi connectivity index (χ0) is 18.4. The average Bonchev–Trinajstić information content (AvgIpc) is 3.39. The maximum atomic E-state index is 12.8. The van der Waals surface area contributed by atoms with Crippen molar-refractivity contribution in [3.8, 4) is 11.3 Å². The smallest absolute Gasteiger partial charge is 0.267 e. The molecule has 5 aromatic rings. The van der Waals surface area contributed by atoms with Crippen molar-refractivity contribution in [2.24, 2.45) is 0 Å². The van der Waals surface area contributed by atoms with Crippen LogP contribution in [0, 0.1) is 6.92 Å². The van der Waals surface area contributed by atoms with E-state index in [2.05, 4.69) is 19.0 Å². The number of aromatic nitrogens is 4. The van der Waals surface area contributed by atoms with Crippen molar-refractivity contribution < 1.29 is 4.79 Å². The van der Waals surface area contributed by atoms with Gasteiger partial charge in [0, 0.05) is 17.5 Å². The molecule has 3 aromatic heterocycles. The molecule has 0 fully saturated rings. The SMILES string of the molecule is Cc1c(C(=O)Nc2cccc3nsnc23)sc2nc(-c3ccccc3)cn12. The number of amides is 1. The molecule has 2 aromatic carbocycles. The summed E-state index contributed by atoms with van der Waals surface area (Å²) in [6.07, 6.45) is 1.97. The van der Waals surface area contributed by atoms with E-state index < -0.39 is 0 Å². The van der Waals surface area contributed by atoms with Crippen LogP contribution in [0.5, 0.6) is 0 Å². The Labute approximate surface area is 162 Å². The Hall–Kier alpha value is -3.10. The number of nitrogens with one attached hydrogen (secondary N) is 1. The first-order valence-corrected chi connectivity index (χ1v) is 9.82. The maximum absolute atomic E-state index is 12.8. The number of hydrogen-bond donors (Lipinski definition) is 1. The van der Waals surface area contributed by atoms with Crippen molar-refractivity contribution in [3.05, 3.63) is 65.3 Å². The molecule has 0 aliphatic carbocycles. The minimum absolute atomic E-state index is 0.162. The Balaban J connectivity index is 1.50. The molecule has 132 valence electrons. The average molecular weight is 391 g/mol. The molecule has 0 bridgehead atoms. The van der Waals surface area contributed by atoms with Crippen molar-refractivity contribution >= 4 is 50.7 Å². The molecular formula is C19H13N5OS2. The largest absolute Gasteiger partial charge is 0.319 e. The molecule has 0 aliphatic rings. The highest BCUT2D eigenvalue weighted by molar-refractivity contribution is 7.19. The third-order valence-corrected chi connectivity index (χ3v) is 6.06. The van der Waals surface area contributed by atoms with E-state index in [-0.39, 0.29) is 5.91 Å². The number of carbonyl (C=O) groups excluding carboxylic acids is 1. The van der Waals surface area contributed by atoms with Crippen LogP contribution in [0.15, 0.2) is 54.7 Å². The molecule has 0 spiro atoms. The number of hydrogen-bond acceptors (Lipinski definition) is 6. The van der Waals surface area contributed by atoms with Crippen LogP contribution in [0.1, 0.15) is 15.4 Å².